The molecule has 136 valence electrons. The van der Waals surface area contributed by atoms with Gasteiger partial charge in [0.2, 0.25) is 0 Å². The summed E-state index contributed by atoms with van der Waals surface area (Å²) in [5.41, 5.74) is -0.486. The van der Waals surface area contributed by atoms with E-state index in [1.54, 1.807) is 13.8 Å². The Morgan fingerprint density at radius 2 is 1.52 bits per heavy atom. The molecule has 0 bridgehead atoms. The van der Waals surface area contributed by atoms with E-state index < -0.39 is 20.2 Å². The first kappa shape index (κ1) is 20.2. The Hall–Kier alpha value is -0.820. The number of rotatable bonds is 5. The van der Waals surface area contributed by atoms with Gasteiger partial charge in [-0.25, -0.2) is 13.2 Å². The van der Waals surface area contributed by atoms with Gasteiger partial charge in [-0.05, 0) is 60.3 Å². The van der Waals surface area contributed by atoms with E-state index in [1.807, 2.05) is 20.8 Å². The summed E-state index contributed by atoms with van der Waals surface area (Å²) < 4.78 is 27.9. The summed E-state index contributed by atoms with van der Waals surface area (Å²) in [5.74, 6) is 0. The van der Waals surface area contributed by atoms with Crippen LogP contribution in [-0.2, 0) is 14.6 Å². The lowest BCUT2D eigenvalue weighted by Crippen LogP contribution is -2.48. The first-order valence-electron chi connectivity index (χ1n) is 8.23. The smallest absolute Gasteiger partial charge is 0.407 e. The number of hydrogen-bond acceptors (Lipinski definition) is 5. The molecule has 0 aliphatic heterocycles. The van der Waals surface area contributed by atoms with Gasteiger partial charge in [-0.2, -0.15) is 0 Å². The number of carbonyl (C=O) groups is 1. The highest BCUT2D eigenvalue weighted by atomic mass is 32.2. The fourth-order valence-electron chi connectivity index (χ4n) is 2.44. The van der Waals surface area contributed by atoms with Gasteiger partial charge in [0.05, 0.1) is 4.75 Å². The molecule has 0 unspecified atom stereocenters. The van der Waals surface area contributed by atoms with E-state index in [4.69, 9.17) is 4.74 Å². The summed E-state index contributed by atoms with van der Waals surface area (Å²) in [7, 11) is -3.08. The summed E-state index contributed by atoms with van der Waals surface area (Å²) in [6.45, 7) is 9.46. The summed E-state index contributed by atoms with van der Waals surface area (Å²) in [6, 6.07) is 0.429. The van der Waals surface area contributed by atoms with Crippen LogP contribution >= 0.6 is 0 Å². The maximum absolute atomic E-state index is 11.8. The van der Waals surface area contributed by atoms with Crippen molar-refractivity contribution in [1.29, 1.82) is 0 Å². The van der Waals surface area contributed by atoms with Crippen LogP contribution in [0, 0.1) is 0 Å². The van der Waals surface area contributed by atoms with Gasteiger partial charge >= 0.3 is 6.09 Å². The van der Waals surface area contributed by atoms with Crippen molar-refractivity contribution in [3.8, 4) is 0 Å². The van der Waals surface area contributed by atoms with Crippen molar-refractivity contribution in [3.05, 3.63) is 0 Å². The minimum atomic E-state index is -3.08. The van der Waals surface area contributed by atoms with Crippen molar-refractivity contribution in [2.24, 2.45) is 0 Å². The molecular weight excluding hydrogens is 316 g/mol. The summed E-state index contributed by atoms with van der Waals surface area (Å²) >= 11 is 0. The molecular formula is C16H32N2O4S. The Morgan fingerprint density at radius 3 is 1.96 bits per heavy atom. The topological polar surface area (TPSA) is 84.5 Å². The average molecular weight is 349 g/mol. The molecule has 0 aromatic carbocycles. The maximum atomic E-state index is 11.8. The first-order valence-corrected chi connectivity index (χ1v) is 10.1. The lowest BCUT2D eigenvalue weighted by atomic mass is 9.91. The highest BCUT2D eigenvalue weighted by Crippen LogP contribution is 2.21. The Morgan fingerprint density at radius 1 is 1.04 bits per heavy atom. The first-order chi connectivity index (χ1) is 10.3. The molecule has 0 heterocycles. The minimum Gasteiger partial charge on any atom is -0.444 e. The summed E-state index contributed by atoms with van der Waals surface area (Å²) in [4.78, 5) is 11.8. The number of nitrogens with one attached hydrogen (secondary N) is 2. The lowest BCUT2D eigenvalue weighted by molar-refractivity contribution is 0.0489. The van der Waals surface area contributed by atoms with E-state index in [2.05, 4.69) is 10.6 Å². The lowest BCUT2D eigenvalue weighted by Gasteiger charge is -2.32. The number of sulfone groups is 1. The summed E-state index contributed by atoms with van der Waals surface area (Å²) in [6.07, 6.45) is 4.48. The predicted molar refractivity (Wildman–Crippen MR) is 92.3 cm³/mol. The largest absolute Gasteiger partial charge is 0.444 e. The van der Waals surface area contributed by atoms with Crippen LogP contribution in [-0.4, -0.2) is 49.7 Å². The monoisotopic (exact) mass is 348 g/mol. The van der Waals surface area contributed by atoms with Crippen molar-refractivity contribution >= 4 is 15.9 Å². The fourth-order valence-corrected chi connectivity index (χ4v) is 2.78. The molecule has 1 aliphatic rings. The molecule has 1 amide bonds. The molecule has 7 heteroatoms. The highest BCUT2D eigenvalue weighted by Gasteiger charge is 2.31. The minimum absolute atomic E-state index is 0.130. The van der Waals surface area contributed by atoms with Crippen LogP contribution < -0.4 is 10.6 Å². The molecule has 23 heavy (non-hydrogen) atoms. The van der Waals surface area contributed by atoms with Gasteiger partial charge in [0.25, 0.3) is 0 Å². The Kier molecular flexibility index (Phi) is 6.49. The average Bonchev–Trinajstić information content (AvgIpc) is 2.34. The van der Waals surface area contributed by atoms with Gasteiger partial charge in [-0.3, -0.25) is 0 Å². The molecule has 1 rings (SSSR count). The molecule has 1 aliphatic carbocycles. The van der Waals surface area contributed by atoms with Crippen molar-refractivity contribution in [2.75, 3.05) is 12.8 Å². The molecule has 1 fully saturated rings. The van der Waals surface area contributed by atoms with E-state index in [1.165, 1.54) is 6.26 Å². The Labute approximate surface area is 140 Å². The van der Waals surface area contributed by atoms with Gasteiger partial charge in [-0.15, -0.1) is 0 Å². The second-order valence-corrected chi connectivity index (χ2v) is 10.8. The molecule has 2 N–H and O–H groups in total. The van der Waals surface area contributed by atoms with Gasteiger partial charge in [-0.1, -0.05) is 0 Å². The Balaban J connectivity index is 2.35. The van der Waals surface area contributed by atoms with Crippen LogP contribution in [0.15, 0.2) is 0 Å². The van der Waals surface area contributed by atoms with E-state index >= 15 is 0 Å². The van der Waals surface area contributed by atoms with Gasteiger partial charge in [0.15, 0.2) is 9.84 Å². The molecule has 0 radical (unpaired) electrons. The molecule has 0 atom stereocenters. The van der Waals surface area contributed by atoms with Gasteiger partial charge in [0.1, 0.15) is 5.60 Å². The maximum Gasteiger partial charge on any atom is 0.407 e. The molecule has 0 aromatic rings. The Bertz CT molecular complexity index is 501. The van der Waals surface area contributed by atoms with E-state index in [0.717, 1.165) is 25.7 Å². The number of amides is 1. The van der Waals surface area contributed by atoms with Crippen molar-refractivity contribution in [2.45, 2.75) is 82.7 Å². The quantitative estimate of drug-likeness (QED) is 0.796. The standard InChI is InChI=1S/C16H32N2O4S/c1-15(2,3)22-14(19)18-13-9-7-12(8-10-13)17-11-16(4,5)23(6,20)21/h12-13,17H,7-11H2,1-6H3,(H,18,19). The van der Waals surface area contributed by atoms with Crippen LogP contribution in [0.3, 0.4) is 0 Å². The van der Waals surface area contributed by atoms with Crippen LogP contribution in [0.4, 0.5) is 4.79 Å². The van der Waals surface area contributed by atoms with Crippen molar-refractivity contribution < 1.29 is 17.9 Å². The fraction of sp³-hybridized carbons (Fsp3) is 0.938. The molecule has 0 saturated heterocycles. The van der Waals surface area contributed by atoms with Crippen molar-refractivity contribution in [3.63, 3.8) is 0 Å². The number of ether oxygens (including phenoxy) is 1. The third-order valence-corrected chi connectivity index (χ3v) is 6.42. The number of hydrogen-bond donors (Lipinski definition) is 2. The van der Waals surface area contributed by atoms with E-state index in [9.17, 15) is 13.2 Å². The highest BCUT2D eigenvalue weighted by molar-refractivity contribution is 7.92. The normalized spacial score (nSPS) is 23.4. The SMILES string of the molecule is CC(C)(C)OC(=O)NC1CCC(NCC(C)(C)S(C)(=O)=O)CC1. The van der Waals surface area contributed by atoms with Crippen LogP contribution in [0.25, 0.3) is 0 Å². The predicted octanol–water partition coefficient (Wildman–Crippen LogP) is 2.24. The second-order valence-electron chi connectivity index (χ2n) is 8.11. The number of carbonyl (C=O) groups excluding carboxylic acids is 1. The van der Waals surface area contributed by atoms with E-state index in [0.29, 0.717) is 12.6 Å². The van der Waals surface area contributed by atoms with Crippen molar-refractivity contribution in [1.82, 2.24) is 10.6 Å². The molecule has 6 nitrogen and oxygen atoms in total. The third-order valence-electron chi connectivity index (χ3n) is 4.27. The number of alkyl carbamates (subject to hydrolysis) is 1. The van der Waals surface area contributed by atoms with Crippen LogP contribution in [0.5, 0.6) is 0 Å². The summed E-state index contributed by atoms with van der Waals surface area (Å²) in [5, 5.41) is 6.27. The zero-order valence-electron chi connectivity index (χ0n) is 15.2. The zero-order chi connectivity index (χ0) is 17.9. The zero-order valence-corrected chi connectivity index (χ0v) is 16.0. The van der Waals surface area contributed by atoms with Gasteiger partial charge in [0, 0.05) is 24.9 Å². The van der Waals surface area contributed by atoms with Crippen LogP contribution in [0.1, 0.15) is 60.3 Å². The molecule has 0 aromatic heterocycles. The van der Waals surface area contributed by atoms with Gasteiger partial charge < -0.3 is 15.4 Å². The molecule has 0 spiro atoms. The second kappa shape index (κ2) is 7.38. The van der Waals surface area contributed by atoms with Crippen LogP contribution in [0.2, 0.25) is 0 Å². The molecule has 1 saturated carbocycles. The van der Waals surface area contributed by atoms with E-state index in [-0.39, 0.29) is 12.1 Å². The third kappa shape index (κ3) is 7.08.